The lowest BCUT2D eigenvalue weighted by molar-refractivity contribution is -0.147. The van der Waals surface area contributed by atoms with E-state index in [1.807, 2.05) is 50.5 Å². The van der Waals surface area contributed by atoms with Gasteiger partial charge in [0.15, 0.2) is 0 Å². The molecule has 0 fully saturated rings. The maximum atomic E-state index is 12.6. The summed E-state index contributed by atoms with van der Waals surface area (Å²) in [4.78, 5) is 19.6. The van der Waals surface area contributed by atoms with E-state index in [0.29, 0.717) is 0 Å². The van der Waals surface area contributed by atoms with Crippen LogP contribution in [0.3, 0.4) is 0 Å². The van der Waals surface area contributed by atoms with Crippen LogP contribution < -0.4 is 4.74 Å². The van der Waals surface area contributed by atoms with Gasteiger partial charge in [-0.3, -0.25) is 14.7 Å². The standard InChI is InChI=1S/C34H37N5O3/c1-6-26-20-39(19-25-16-28-23(11-8-14-35-28)17-30(25)42-26)18-22-9-7-10-24(15-22)31(34(3,4)33(40)41)27-12-13-29-32(21(27)2)36-37-38(29)5/h7-17,26,31H,6,18-20H2,1-5H3,(H,40,41)/t26-,31?/m1/s1. The highest BCUT2D eigenvalue weighted by atomic mass is 16.5. The lowest BCUT2D eigenvalue weighted by atomic mass is 9.70. The monoisotopic (exact) mass is 563 g/mol. The summed E-state index contributed by atoms with van der Waals surface area (Å²) >= 11 is 0. The van der Waals surface area contributed by atoms with Crippen molar-refractivity contribution in [3.05, 3.63) is 94.7 Å². The molecule has 8 nitrogen and oxygen atoms in total. The Labute approximate surface area is 245 Å². The van der Waals surface area contributed by atoms with Crippen LogP contribution in [0.15, 0.2) is 66.9 Å². The Kier molecular flexibility index (Phi) is 7.19. The van der Waals surface area contributed by atoms with Crippen molar-refractivity contribution in [1.29, 1.82) is 0 Å². The van der Waals surface area contributed by atoms with Crippen LogP contribution in [0.1, 0.15) is 60.9 Å². The molecule has 0 spiro atoms. The van der Waals surface area contributed by atoms with Crippen molar-refractivity contribution in [2.24, 2.45) is 12.5 Å². The molecule has 1 N–H and O–H groups in total. The topological polar surface area (TPSA) is 93.4 Å². The predicted octanol–water partition coefficient (Wildman–Crippen LogP) is 6.24. The van der Waals surface area contributed by atoms with Gasteiger partial charge in [0, 0.05) is 49.7 Å². The van der Waals surface area contributed by atoms with Crippen LogP contribution in [0.4, 0.5) is 0 Å². The summed E-state index contributed by atoms with van der Waals surface area (Å²) < 4.78 is 8.22. The third kappa shape index (κ3) is 5.00. The van der Waals surface area contributed by atoms with Gasteiger partial charge in [-0.25, -0.2) is 4.68 Å². The quantitative estimate of drug-likeness (QED) is 0.251. The summed E-state index contributed by atoms with van der Waals surface area (Å²) in [5, 5.41) is 20.0. The van der Waals surface area contributed by atoms with Crippen molar-refractivity contribution >= 4 is 27.9 Å². The summed E-state index contributed by atoms with van der Waals surface area (Å²) in [6, 6.07) is 20.7. The maximum Gasteiger partial charge on any atom is 0.310 e. The number of aryl methyl sites for hydroxylation is 2. The molecule has 0 saturated heterocycles. The average Bonchev–Trinajstić information content (AvgIpc) is 3.26. The fourth-order valence-electron chi connectivity index (χ4n) is 6.32. The number of nitrogens with zero attached hydrogens (tertiary/aromatic N) is 5. The second kappa shape index (κ2) is 10.8. The molecular formula is C34H37N5O3. The van der Waals surface area contributed by atoms with E-state index in [1.165, 1.54) is 0 Å². The maximum absolute atomic E-state index is 12.6. The van der Waals surface area contributed by atoms with Crippen molar-refractivity contribution in [2.75, 3.05) is 6.54 Å². The summed E-state index contributed by atoms with van der Waals surface area (Å²) in [6.45, 7) is 10.0. The number of carboxylic acids is 1. The number of fused-ring (bicyclic) bond motifs is 3. The number of ether oxygens (including phenoxy) is 1. The molecule has 0 aliphatic carbocycles. The number of hydrogen-bond acceptors (Lipinski definition) is 6. The SMILES string of the molecule is CC[C@@H]1CN(Cc2cccc(C(c3ccc4c(nnn4C)c3C)C(C)(C)C(=O)O)c2)Cc2cc3ncccc3cc2O1. The van der Waals surface area contributed by atoms with E-state index in [1.54, 1.807) is 18.5 Å². The van der Waals surface area contributed by atoms with E-state index >= 15 is 0 Å². The minimum absolute atomic E-state index is 0.0728. The number of aromatic nitrogens is 4. The largest absolute Gasteiger partial charge is 0.489 e. The Morgan fingerprint density at radius 2 is 1.98 bits per heavy atom. The highest BCUT2D eigenvalue weighted by Gasteiger charge is 2.40. The fourth-order valence-corrected chi connectivity index (χ4v) is 6.32. The first-order valence-corrected chi connectivity index (χ1v) is 14.5. The lowest BCUT2D eigenvalue weighted by Gasteiger charge is -2.33. The molecule has 0 saturated carbocycles. The minimum atomic E-state index is -1.06. The number of benzene rings is 3. The lowest BCUT2D eigenvalue weighted by Crippen LogP contribution is -2.33. The Bertz CT molecular complexity index is 1790. The third-order valence-electron chi connectivity index (χ3n) is 8.74. The first-order chi connectivity index (χ1) is 20.2. The van der Waals surface area contributed by atoms with E-state index in [2.05, 4.69) is 57.5 Å². The number of aliphatic carboxylic acids is 1. The number of hydrogen-bond donors (Lipinski definition) is 1. The number of carbonyl (C=O) groups is 1. The van der Waals surface area contributed by atoms with E-state index in [0.717, 1.165) is 81.6 Å². The third-order valence-corrected chi connectivity index (χ3v) is 8.74. The zero-order valence-corrected chi connectivity index (χ0v) is 24.8. The van der Waals surface area contributed by atoms with Crippen LogP contribution in [0.25, 0.3) is 21.9 Å². The van der Waals surface area contributed by atoms with Crippen LogP contribution in [0.5, 0.6) is 5.75 Å². The van der Waals surface area contributed by atoms with E-state index in [4.69, 9.17) is 4.74 Å². The molecule has 0 bridgehead atoms. The van der Waals surface area contributed by atoms with Crippen molar-refractivity contribution in [3.63, 3.8) is 0 Å². The second-order valence-corrected chi connectivity index (χ2v) is 12.0. The summed E-state index contributed by atoms with van der Waals surface area (Å²) in [5.41, 5.74) is 6.78. The van der Waals surface area contributed by atoms with Gasteiger partial charge in [-0.15, -0.1) is 5.10 Å². The highest BCUT2D eigenvalue weighted by Crippen LogP contribution is 2.44. The van der Waals surface area contributed by atoms with Gasteiger partial charge in [0.2, 0.25) is 0 Å². The average molecular weight is 564 g/mol. The molecule has 1 aliphatic rings. The molecule has 216 valence electrons. The van der Waals surface area contributed by atoms with E-state index in [-0.39, 0.29) is 12.0 Å². The summed E-state index contributed by atoms with van der Waals surface area (Å²) in [6.07, 6.45) is 2.80. The van der Waals surface area contributed by atoms with Crippen LogP contribution in [-0.2, 0) is 24.9 Å². The van der Waals surface area contributed by atoms with Crippen molar-refractivity contribution in [1.82, 2.24) is 24.9 Å². The number of pyridine rings is 1. The van der Waals surface area contributed by atoms with Gasteiger partial charge in [-0.1, -0.05) is 48.5 Å². The van der Waals surface area contributed by atoms with Crippen LogP contribution in [0, 0.1) is 12.3 Å². The summed E-state index contributed by atoms with van der Waals surface area (Å²) in [5.74, 6) is -0.295. The molecule has 0 radical (unpaired) electrons. The molecule has 42 heavy (non-hydrogen) atoms. The van der Waals surface area contributed by atoms with Gasteiger partial charge in [-0.2, -0.15) is 0 Å². The van der Waals surface area contributed by atoms with Crippen LogP contribution in [0.2, 0.25) is 0 Å². The first kappa shape index (κ1) is 27.8. The molecule has 3 aromatic carbocycles. The van der Waals surface area contributed by atoms with E-state index in [9.17, 15) is 9.90 Å². The molecule has 1 unspecified atom stereocenters. The Hall–Kier alpha value is -4.30. The number of rotatable bonds is 7. The van der Waals surface area contributed by atoms with Crippen molar-refractivity contribution < 1.29 is 14.6 Å². The molecule has 8 heteroatoms. The van der Waals surface area contributed by atoms with Gasteiger partial charge in [0.25, 0.3) is 0 Å². The normalized spacial score (nSPS) is 16.6. The van der Waals surface area contributed by atoms with E-state index < -0.39 is 11.4 Å². The zero-order chi connectivity index (χ0) is 29.6. The second-order valence-electron chi connectivity index (χ2n) is 12.0. The van der Waals surface area contributed by atoms with Crippen LogP contribution >= 0.6 is 0 Å². The minimum Gasteiger partial charge on any atom is -0.489 e. The fraction of sp³-hybridized carbons (Fsp3) is 0.353. The predicted molar refractivity (Wildman–Crippen MR) is 164 cm³/mol. The zero-order valence-electron chi connectivity index (χ0n) is 24.8. The Balaban J connectivity index is 1.37. The number of carboxylic acid groups (broad SMARTS) is 1. The first-order valence-electron chi connectivity index (χ1n) is 14.5. The molecule has 1 aliphatic heterocycles. The van der Waals surface area contributed by atoms with Gasteiger partial charge in [0.05, 0.1) is 16.4 Å². The molecular weight excluding hydrogens is 526 g/mol. The highest BCUT2D eigenvalue weighted by molar-refractivity contribution is 5.82. The molecule has 2 atom stereocenters. The van der Waals surface area contributed by atoms with Gasteiger partial charge in [-0.05, 0) is 73.7 Å². The van der Waals surface area contributed by atoms with Crippen molar-refractivity contribution in [3.8, 4) is 5.75 Å². The molecule has 3 heterocycles. The molecule has 5 aromatic rings. The Morgan fingerprint density at radius 3 is 2.76 bits per heavy atom. The Morgan fingerprint density at radius 1 is 1.14 bits per heavy atom. The summed E-state index contributed by atoms with van der Waals surface area (Å²) in [7, 11) is 1.87. The molecule has 0 amide bonds. The van der Waals surface area contributed by atoms with Crippen molar-refractivity contribution in [2.45, 2.75) is 59.2 Å². The van der Waals surface area contributed by atoms with Gasteiger partial charge in [0.1, 0.15) is 17.4 Å². The molecule has 6 rings (SSSR count). The smallest absolute Gasteiger partial charge is 0.310 e. The van der Waals surface area contributed by atoms with Gasteiger partial charge >= 0.3 is 5.97 Å². The van der Waals surface area contributed by atoms with Gasteiger partial charge < -0.3 is 9.84 Å². The molecule has 2 aromatic heterocycles. The van der Waals surface area contributed by atoms with Crippen LogP contribution in [-0.4, -0.2) is 48.6 Å².